The van der Waals surface area contributed by atoms with E-state index in [0.717, 1.165) is 17.7 Å². The van der Waals surface area contributed by atoms with Crippen molar-refractivity contribution in [2.75, 3.05) is 12.4 Å². The number of halogens is 4. The van der Waals surface area contributed by atoms with Gasteiger partial charge in [-0.1, -0.05) is 23.7 Å². The highest BCUT2D eigenvalue weighted by molar-refractivity contribution is 7.80. The number of furan rings is 1. The number of hydrogen-bond donors (Lipinski definition) is 1. The first-order chi connectivity index (χ1) is 14.3. The van der Waals surface area contributed by atoms with Crippen molar-refractivity contribution < 1.29 is 22.3 Å². The normalized spacial score (nSPS) is 11.2. The third kappa shape index (κ3) is 5.67. The van der Waals surface area contributed by atoms with Crippen molar-refractivity contribution in [2.24, 2.45) is 0 Å². The average molecular weight is 455 g/mol. The summed E-state index contributed by atoms with van der Waals surface area (Å²) in [5.74, 6) is 1.37. The zero-order valence-electron chi connectivity index (χ0n) is 15.9. The van der Waals surface area contributed by atoms with Gasteiger partial charge in [0.05, 0.1) is 36.2 Å². The summed E-state index contributed by atoms with van der Waals surface area (Å²) in [7, 11) is 1.58. The topological polar surface area (TPSA) is 37.6 Å². The van der Waals surface area contributed by atoms with E-state index in [2.05, 4.69) is 5.32 Å². The van der Waals surface area contributed by atoms with Crippen molar-refractivity contribution in [2.45, 2.75) is 19.3 Å². The molecular weight excluding hydrogens is 437 g/mol. The zero-order valence-corrected chi connectivity index (χ0v) is 17.4. The molecule has 0 amide bonds. The smallest absolute Gasteiger partial charge is 0.416 e. The SMILES string of the molecule is COc1ccc(CN(Cc2ccco2)C(=S)Nc2cc(C(F)(F)F)ccc2Cl)cc1. The van der Waals surface area contributed by atoms with Crippen LogP contribution in [0.4, 0.5) is 18.9 Å². The van der Waals surface area contributed by atoms with Crippen LogP contribution in [-0.4, -0.2) is 17.1 Å². The Labute approximate surface area is 182 Å². The molecule has 2 aromatic carbocycles. The van der Waals surface area contributed by atoms with Gasteiger partial charge in [-0.25, -0.2) is 0 Å². The third-order valence-corrected chi connectivity index (χ3v) is 4.97. The zero-order chi connectivity index (χ0) is 21.7. The van der Waals surface area contributed by atoms with Crippen molar-refractivity contribution in [3.05, 3.63) is 82.8 Å². The summed E-state index contributed by atoms with van der Waals surface area (Å²) in [6.07, 6.45) is -2.94. The molecule has 0 atom stereocenters. The minimum Gasteiger partial charge on any atom is -0.497 e. The van der Waals surface area contributed by atoms with Gasteiger partial charge < -0.3 is 19.4 Å². The summed E-state index contributed by atoms with van der Waals surface area (Å²) in [6, 6.07) is 14.0. The van der Waals surface area contributed by atoms with Gasteiger partial charge in [-0.3, -0.25) is 0 Å². The maximum atomic E-state index is 13.1. The molecule has 0 fully saturated rings. The Morgan fingerprint density at radius 3 is 2.47 bits per heavy atom. The Morgan fingerprint density at radius 2 is 1.87 bits per heavy atom. The Kier molecular flexibility index (Phi) is 6.89. The van der Waals surface area contributed by atoms with E-state index in [4.69, 9.17) is 33.0 Å². The van der Waals surface area contributed by atoms with Gasteiger partial charge in [0.2, 0.25) is 0 Å². The molecule has 0 radical (unpaired) electrons. The molecule has 1 aromatic heterocycles. The van der Waals surface area contributed by atoms with Crippen LogP contribution in [0.25, 0.3) is 0 Å². The standard InChI is InChI=1S/C21H18ClF3N2O2S/c1-28-16-7-4-14(5-8-16)12-27(13-17-3-2-10-29-17)20(30)26-19-11-15(21(23,24)25)6-9-18(19)22/h2-11H,12-13H2,1H3,(H,26,30). The van der Waals surface area contributed by atoms with E-state index in [-0.39, 0.29) is 15.8 Å². The van der Waals surface area contributed by atoms with Crippen molar-refractivity contribution in [1.29, 1.82) is 0 Å². The van der Waals surface area contributed by atoms with E-state index in [1.807, 2.05) is 24.3 Å². The molecule has 0 aliphatic carbocycles. The summed E-state index contributed by atoms with van der Waals surface area (Å²) < 4.78 is 49.7. The third-order valence-electron chi connectivity index (χ3n) is 4.28. The minimum absolute atomic E-state index is 0.0793. The maximum absolute atomic E-state index is 13.1. The van der Waals surface area contributed by atoms with Crippen molar-refractivity contribution >= 4 is 34.6 Å². The van der Waals surface area contributed by atoms with Gasteiger partial charge in [0, 0.05) is 6.54 Å². The molecule has 3 rings (SSSR count). The Bertz CT molecular complexity index is 992. The highest BCUT2D eigenvalue weighted by atomic mass is 35.5. The molecule has 3 aromatic rings. The number of nitrogens with zero attached hydrogens (tertiary/aromatic N) is 1. The number of rotatable bonds is 6. The summed E-state index contributed by atoms with van der Waals surface area (Å²) in [5, 5.41) is 3.18. The fourth-order valence-corrected chi connectivity index (χ4v) is 3.14. The molecule has 30 heavy (non-hydrogen) atoms. The van der Waals surface area contributed by atoms with Crippen LogP contribution < -0.4 is 10.1 Å². The molecule has 0 aliphatic rings. The van der Waals surface area contributed by atoms with Crippen molar-refractivity contribution in [3.8, 4) is 5.75 Å². The molecule has 0 saturated carbocycles. The molecular formula is C21H18ClF3N2O2S. The molecule has 0 spiro atoms. The molecule has 9 heteroatoms. The second kappa shape index (κ2) is 9.40. The van der Waals surface area contributed by atoms with E-state index >= 15 is 0 Å². The largest absolute Gasteiger partial charge is 0.497 e. The Balaban J connectivity index is 1.82. The average Bonchev–Trinajstić information content (AvgIpc) is 3.22. The van der Waals surface area contributed by atoms with Crippen LogP contribution in [-0.2, 0) is 19.3 Å². The van der Waals surface area contributed by atoms with Crippen LogP contribution in [0.2, 0.25) is 5.02 Å². The van der Waals surface area contributed by atoms with Gasteiger partial charge in [0.15, 0.2) is 5.11 Å². The summed E-state index contributed by atoms with van der Waals surface area (Å²) >= 11 is 11.6. The minimum atomic E-state index is -4.49. The monoisotopic (exact) mass is 454 g/mol. The molecule has 1 heterocycles. The van der Waals surface area contributed by atoms with Crippen LogP contribution in [0.3, 0.4) is 0 Å². The Morgan fingerprint density at radius 1 is 1.13 bits per heavy atom. The second-order valence-electron chi connectivity index (χ2n) is 6.41. The van der Waals surface area contributed by atoms with Gasteiger partial charge in [-0.05, 0) is 60.2 Å². The lowest BCUT2D eigenvalue weighted by molar-refractivity contribution is -0.137. The number of benzene rings is 2. The van der Waals surface area contributed by atoms with Crippen LogP contribution in [0.1, 0.15) is 16.9 Å². The highest BCUT2D eigenvalue weighted by Crippen LogP contribution is 2.34. The predicted molar refractivity (Wildman–Crippen MR) is 114 cm³/mol. The quantitative estimate of drug-likeness (QED) is 0.439. The van der Waals surface area contributed by atoms with Gasteiger partial charge >= 0.3 is 6.18 Å². The van der Waals surface area contributed by atoms with Crippen LogP contribution in [0.5, 0.6) is 5.75 Å². The summed E-state index contributed by atoms with van der Waals surface area (Å²) in [5.41, 5.74) is 0.197. The summed E-state index contributed by atoms with van der Waals surface area (Å²) in [4.78, 5) is 1.77. The van der Waals surface area contributed by atoms with Gasteiger partial charge in [0.1, 0.15) is 11.5 Å². The lowest BCUT2D eigenvalue weighted by Gasteiger charge is -2.26. The molecule has 0 bridgehead atoms. The van der Waals surface area contributed by atoms with Crippen molar-refractivity contribution in [3.63, 3.8) is 0 Å². The van der Waals surface area contributed by atoms with E-state index in [9.17, 15) is 13.2 Å². The maximum Gasteiger partial charge on any atom is 0.416 e. The molecule has 4 nitrogen and oxygen atoms in total. The molecule has 0 aliphatic heterocycles. The summed E-state index contributed by atoms with van der Waals surface area (Å²) in [6.45, 7) is 0.717. The van der Waals surface area contributed by atoms with Gasteiger partial charge in [0.25, 0.3) is 0 Å². The number of methoxy groups -OCH3 is 1. The molecule has 1 N–H and O–H groups in total. The van der Waals surface area contributed by atoms with E-state index < -0.39 is 11.7 Å². The molecule has 0 saturated heterocycles. The fourth-order valence-electron chi connectivity index (χ4n) is 2.73. The van der Waals surface area contributed by atoms with E-state index in [0.29, 0.717) is 24.6 Å². The lowest BCUT2D eigenvalue weighted by Crippen LogP contribution is -2.33. The Hall–Kier alpha value is -2.71. The lowest BCUT2D eigenvalue weighted by atomic mass is 10.2. The van der Waals surface area contributed by atoms with E-state index in [1.54, 1.807) is 30.4 Å². The molecule has 0 unspecified atom stereocenters. The van der Waals surface area contributed by atoms with Crippen LogP contribution in [0, 0.1) is 0 Å². The van der Waals surface area contributed by atoms with E-state index in [1.165, 1.54) is 6.07 Å². The van der Waals surface area contributed by atoms with Gasteiger partial charge in [-0.2, -0.15) is 13.2 Å². The van der Waals surface area contributed by atoms with Crippen molar-refractivity contribution in [1.82, 2.24) is 4.90 Å². The number of alkyl halides is 3. The number of thiocarbonyl (C=S) groups is 1. The molecule has 158 valence electrons. The number of ether oxygens (including phenoxy) is 1. The second-order valence-corrected chi connectivity index (χ2v) is 7.20. The predicted octanol–water partition coefficient (Wildman–Crippen LogP) is 6.36. The first kappa shape index (κ1) is 22.0. The van der Waals surface area contributed by atoms with Crippen LogP contribution in [0.15, 0.2) is 65.3 Å². The highest BCUT2D eigenvalue weighted by Gasteiger charge is 2.31. The van der Waals surface area contributed by atoms with Crippen LogP contribution >= 0.6 is 23.8 Å². The van der Waals surface area contributed by atoms with Gasteiger partial charge in [-0.15, -0.1) is 0 Å². The first-order valence-corrected chi connectivity index (χ1v) is 9.63. The number of anilines is 1. The first-order valence-electron chi connectivity index (χ1n) is 8.84. The number of nitrogens with one attached hydrogen (secondary N) is 1. The number of hydrogen-bond acceptors (Lipinski definition) is 3. The fraction of sp³-hybridized carbons (Fsp3) is 0.190.